The first kappa shape index (κ1) is 11.0. The quantitative estimate of drug-likeness (QED) is 0.843. The predicted molar refractivity (Wildman–Crippen MR) is 65.9 cm³/mol. The molecule has 0 bridgehead atoms. The number of hydrogen-bond acceptors (Lipinski definition) is 1. The van der Waals surface area contributed by atoms with Gasteiger partial charge in [0.2, 0.25) is 0 Å². The van der Waals surface area contributed by atoms with E-state index in [-0.39, 0.29) is 0 Å². The zero-order chi connectivity index (χ0) is 9.84. The van der Waals surface area contributed by atoms with Crippen molar-refractivity contribution in [2.24, 2.45) is 0 Å². The molecule has 2 heteroatoms. The molecule has 0 aromatic heterocycles. The molecule has 0 atom stereocenters. The molecule has 1 N–H and O–H groups in total. The Balaban J connectivity index is 2.71. The van der Waals surface area contributed by atoms with Gasteiger partial charge < -0.3 is 5.32 Å². The summed E-state index contributed by atoms with van der Waals surface area (Å²) in [6.07, 6.45) is 0. The molecule has 1 rings (SSSR count). The molecule has 0 heterocycles. The molecule has 0 saturated heterocycles. The van der Waals surface area contributed by atoms with Gasteiger partial charge in [0.05, 0.1) is 0 Å². The lowest BCUT2D eigenvalue weighted by Crippen LogP contribution is -2.22. The Morgan fingerprint density at radius 1 is 1.38 bits per heavy atom. The molecular weight excluding hydrogens is 273 g/mol. The zero-order valence-electron chi connectivity index (χ0n) is 8.39. The minimum absolute atomic E-state index is 0.552. The van der Waals surface area contributed by atoms with Gasteiger partial charge in [0.25, 0.3) is 0 Å². The van der Waals surface area contributed by atoms with Crippen LogP contribution in [0.2, 0.25) is 0 Å². The molecule has 13 heavy (non-hydrogen) atoms. The summed E-state index contributed by atoms with van der Waals surface area (Å²) < 4.78 is 1.38. The van der Waals surface area contributed by atoms with Gasteiger partial charge in [-0.3, -0.25) is 0 Å². The van der Waals surface area contributed by atoms with Crippen LogP contribution in [0.4, 0.5) is 0 Å². The highest BCUT2D eigenvalue weighted by molar-refractivity contribution is 14.1. The predicted octanol–water partition coefficient (Wildman–Crippen LogP) is 3.10. The Hall–Kier alpha value is -0.0900. The second-order valence-electron chi connectivity index (χ2n) is 3.58. The number of hydrogen-bond donors (Lipinski definition) is 1. The largest absolute Gasteiger partial charge is 0.310 e. The van der Waals surface area contributed by atoms with E-state index in [1.54, 1.807) is 0 Å². The van der Waals surface area contributed by atoms with Crippen molar-refractivity contribution in [1.82, 2.24) is 5.32 Å². The highest BCUT2D eigenvalue weighted by Crippen LogP contribution is 2.16. The van der Waals surface area contributed by atoms with E-state index in [4.69, 9.17) is 0 Å². The lowest BCUT2D eigenvalue weighted by atomic mass is 10.1. The molecule has 72 valence electrons. The molecular formula is C11H16IN. The fraction of sp³-hybridized carbons (Fsp3) is 0.455. The lowest BCUT2D eigenvalue weighted by Gasteiger charge is -2.10. The maximum atomic E-state index is 3.43. The third kappa shape index (κ3) is 3.27. The number of rotatable bonds is 3. The SMILES string of the molecule is Cc1cccc(CNC(C)C)c1I. The third-order valence-corrected chi connectivity index (χ3v) is 3.52. The standard InChI is InChI=1S/C11H16IN/c1-8(2)13-7-10-6-4-5-9(3)11(10)12/h4-6,8,13H,7H2,1-3H3. The molecule has 0 amide bonds. The number of aryl methyl sites for hydroxylation is 1. The monoisotopic (exact) mass is 289 g/mol. The average Bonchev–Trinajstić information content (AvgIpc) is 2.07. The fourth-order valence-corrected chi connectivity index (χ4v) is 1.71. The van der Waals surface area contributed by atoms with Crippen molar-refractivity contribution in [1.29, 1.82) is 0 Å². The van der Waals surface area contributed by atoms with Gasteiger partial charge in [-0.1, -0.05) is 32.0 Å². The minimum atomic E-state index is 0.552. The molecule has 0 radical (unpaired) electrons. The molecule has 1 aromatic carbocycles. The van der Waals surface area contributed by atoms with Gasteiger partial charge >= 0.3 is 0 Å². The summed E-state index contributed by atoms with van der Waals surface area (Å²) in [6, 6.07) is 7.01. The molecule has 0 aliphatic carbocycles. The second kappa shape index (κ2) is 4.96. The molecule has 0 spiro atoms. The first-order chi connectivity index (χ1) is 6.11. The van der Waals surface area contributed by atoms with Crippen LogP contribution >= 0.6 is 22.6 Å². The average molecular weight is 289 g/mol. The van der Waals surface area contributed by atoms with E-state index >= 15 is 0 Å². The van der Waals surface area contributed by atoms with Gasteiger partial charge in [0, 0.05) is 16.2 Å². The van der Waals surface area contributed by atoms with Crippen LogP contribution in [-0.2, 0) is 6.54 Å². The van der Waals surface area contributed by atoms with Crippen LogP contribution in [0.15, 0.2) is 18.2 Å². The third-order valence-electron chi connectivity index (χ3n) is 1.97. The van der Waals surface area contributed by atoms with Crippen molar-refractivity contribution in [2.75, 3.05) is 0 Å². The first-order valence-corrected chi connectivity index (χ1v) is 5.66. The first-order valence-electron chi connectivity index (χ1n) is 4.58. The maximum Gasteiger partial charge on any atom is 0.0218 e. The van der Waals surface area contributed by atoms with E-state index in [2.05, 4.69) is 66.9 Å². The summed E-state index contributed by atoms with van der Waals surface area (Å²) in [6.45, 7) is 7.46. The molecule has 1 nitrogen and oxygen atoms in total. The summed E-state index contributed by atoms with van der Waals surface area (Å²) in [4.78, 5) is 0. The van der Waals surface area contributed by atoms with Gasteiger partial charge in [0.15, 0.2) is 0 Å². The Labute approximate surface area is 94.1 Å². The number of benzene rings is 1. The topological polar surface area (TPSA) is 12.0 Å². The zero-order valence-corrected chi connectivity index (χ0v) is 10.6. The molecule has 0 aliphatic rings. The normalized spacial score (nSPS) is 10.8. The molecule has 1 aromatic rings. The van der Waals surface area contributed by atoms with Gasteiger partial charge in [-0.25, -0.2) is 0 Å². The van der Waals surface area contributed by atoms with Crippen molar-refractivity contribution in [2.45, 2.75) is 33.4 Å². The van der Waals surface area contributed by atoms with Crippen molar-refractivity contribution in [3.63, 3.8) is 0 Å². The summed E-state index contributed by atoms with van der Waals surface area (Å²) in [5, 5.41) is 3.43. The van der Waals surface area contributed by atoms with Gasteiger partial charge in [-0.2, -0.15) is 0 Å². The highest BCUT2D eigenvalue weighted by atomic mass is 127. The lowest BCUT2D eigenvalue weighted by molar-refractivity contribution is 0.587. The van der Waals surface area contributed by atoms with Crippen LogP contribution in [0.25, 0.3) is 0 Å². The highest BCUT2D eigenvalue weighted by Gasteiger charge is 2.01. The van der Waals surface area contributed by atoms with E-state index in [1.165, 1.54) is 14.7 Å². The van der Waals surface area contributed by atoms with Crippen molar-refractivity contribution in [3.8, 4) is 0 Å². The molecule has 0 unspecified atom stereocenters. The van der Waals surface area contributed by atoms with Crippen LogP contribution in [0, 0.1) is 10.5 Å². The van der Waals surface area contributed by atoms with Crippen molar-refractivity contribution in [3.05, 3.63) is 32.9 Å². The Kier molecular flexibility index (Phi) is 4.19. The van der Waals surface area contributed by atoms with E-state index in [0.717, 1.165) is 6.54 Å². The summed E-state index contributed by atoms with van der Waals surface area (Å²) in [5.41, 5.74) is 2.76. The van der Waals surface area contributed by atoms with Gasteiger partial charge in [0.1, 0.15) is 0 Å². The molecule has 0 aliphatic heterocycles. The Morgan fingerprint density at radius 3 is 2.69 bits per heavy atom. The van der Waals surface area contributed by atoms with Crippen LogP contribution in [0.5, 0.6) is 0 Å². The van der Waals surface area contributed by atoms with Crippen LogP contribution in [0.3, 0.4) is 0 Å². The number of nitrogens with one attached hydrogen (secondary N) is 1. The van der Waals surface area contributed by atoms with Crippen LogP contribution < -0.4 is 5.32 Å². The molecule has 0 fully saturated rings. The Bertz CT molecular complexity index is 281. The van der Waals surface area contributed by atoms with Crippen LogP contribution in [-0.4, -0.2) is 6.04 Å². The second-order valence-corrected chi connectivity index (χ2v) is 4.66. The smallest absolute Gasteiger partial charge is 0.0218 e. The summed E-state index contributed by atoms with van der Waals surface area (Å²) in [7, 11) is 0. The molecule has 0 saturated carbocycles. The Morgan fingerprint density at radius 2 is 2.08 bits per heavy atom. The maximum absolute atomic E-state index is 3.43. The van der Waals surface area contributed by atoms with Crippen molar-refractivity contribution >= 4 is 22.6 Å². The minimum Gasteiger partial charge on any atom is -0.310 e. The van der Waals surface area contributed by atoms with Gasteiger partial charge in [-0.05, 0) is 40.6 Å². The van der Waals surface area contributed by atoms with E-state index in [1.807, 2.05) is 0 Å². The van der Waals surface area contributed by atoms with Crippen LogP contribution in [0.1, 0.15) is 25.0 Å². The summed E-state index contributed by atoms with van der Waals surface area (Å²) >= 11 is 2.41. The fourth-order valence-electron chi connectivity index (χ4n) is 1.16. The van der Waals surface area contributed by atoms with Gasteiger partial charge in [-0.15, -0.1) is 0 Å². The van der Waals surface area contributed by atoms with E-state index in [9.17, 15) is 0 Å². The number of halogens is 1. The summed E-state index contributed by atoms with van der Waals surface area (Å²) in [5.74, 6) is 0. The van der Waals surface area contributed by atoms with E-state index < -0.39 is 0 Å². The van der Waals surface area contributed by atoms with E-state index in [0.29, 0.717) is 6.04 Å². The van der Waals surface area contributed by atoms with Crippen molar-refractivity contribution < 1.29 is 0 Å².